The van der Waals surface area contributed by atoms with Gasteiger partial charge in [0.1, 0.15) is 5.75 Å². The highest BCUT2D eigenvalue weighted by atomic mass is 32.2. The van der Waals surface area contributed by atoms with E-state index in [2.05, 4.69) is 4.18 Å². The summed E-state index contributed by atoms with van der Waals surface area (Å²) in [5, 5.41) is 0. The van der Waals surface area contributed by atoms with Crippen molar-refractivity contribution in [2.75, 3.05) is 13.7 Å². The zero-order chi connectivity index (χ0) is 14.8. The lowest BCUT2D eigenvalue weighted by Crippen LogP contribution is -2.21. The second-order valence-electron chi connectivity index (χ2n) is 3.85. The summed E-state index contributed by atoms with van der Waals surface area (Å²) in [5.74, 6) is 0.451. The van der Waals surface area contributed by atoms with Gasteiger partial charge in [-0.05, 0) is 37.1 Å². The van der Waals surface area contributed by atoms with Gasteiger partial charge in [0, 0.05) is 0 Å². The first-order chi connectivity index (χ1) is 8.58. The highest BCUT2D eigenvalue weighted by molar-refractivity contribution is 7.86. The molecule has 0 aliphatic rings. The van der Waals surface area contributed by atoms with Gasteiger partial charge in [0.2, 0.25) is 0 Å². The van der Waals surface area contributed by atoms with Crippen LogP contribution in [0, 0.1) is 13.8 Å². The summed E-state index contributed by atoms with van der Waals surface area (Å²) < 4.78 is 68.3. The molecule has 0 heterocycles. The number of halogens is 3. The SMILES string of the molecule is COc1ccc(S(=O)(=O)OCC(F)(F)F)c(C)c1C. The zero-order valence-corrected chi connectivity index (χ0v) is 11.4. The molecule has 0 unspecified atom stereocenters. The van der Waals surface area contributed by atoms with Gasteiger partial charge in [-0.15, -0.1) is 0 Å². The van der Waals surface area contributed by atoms with Gasteiger partial charge in [0.05, 0.1) is 12.0 Å². The van der Waals surface area contributed by atoms with Crippen LogP contribution < -0.4 is 4.74 Å². The number of hydrogen-bond acceptors (Lipinski definition) is 4. The lowest BCUT2D eigenvalue weighted by molar-refractivity contribution is -0.152. The molecule has 8 heteroatoms. The molecule has 0 saturated carbocycles. The third-order valence-corrected chi connectivity index (χ3v) is 3.96. The maximum atomic E-state index is 12.0. The Hall–Kier alpha value is -1.28. The summed E-state index contributed by atoms with van der Waals surface area (Å²) in [6, 6.07) is 2.53. The van der Waals surface area contributed by atoms with E-state index in [1.165, 1.54) is 20.1 Å². The Bertz CT molecular complexity index is 564. The van der Waals surface area contributed by atoms with Crippen LogP contribution in [-0.4, -0.2) is 28.3 Å². The van der Waals surface area contributed by atoms with Crippen molar-refractivity contribution in [3.05, 3.63) is 23.3 Å². The van der Waals surface area contributed by atoms with E-state index in [-0.39, 0.29) is 4.90 Å². The third kappa shape index (κ3) is 3.84. The highest BCUT2D eigenvalue weighted by Crippen LogP contribution is 2.28. The molecule has 0 bridgehead atoms. The minimum atomic E-state index is -4.71. The van der Waals surface area contributed by atoms with Gasteiger partial charge in [0.15, 0.2) is 6.61 Å². The minimum absolute atomic E-state index is 0.293. The Morgan fingerprint density at radius 1 is 1.16 bits per heavy atom. The molecule has 1 aromatic rings. The Morgan fingerprint density at radius 2 is 1.74 bits per heavy atom. The predicted octanol–water partition coefficient (Wildman–Crippen LogP) is 2.58. The Kier molecular flexibility index (Phi) is 4.46. The summed E-state index contributed by atoms with van der Waals surface area (Å²) in [5.41, 5.74) is 0.820. The molecule has 0 N–H and O–H groups in total. The smallest absolute Gasteiger partial charge is 0.413 e. The van der Waals surface area contributed by atoms with Crippen LogP contribution in [0.4, 0.5) is 13.2 Å². The van der Waals surface area contributed by atoms with Gasteiger partial charge in [-0.25, -0.2) is 0 Å². The van der Waals surface area contributed by atoms with Crippen LogP contribution in [0.2, 0.25) is 0 Å². The van der Waals surface area contributed by atoms with Crippen molar-refractivity contribution in [2.24, 2.45) is 0 Å². The molecule has 0 atom stereocenters. The Morgan fingerprint density at radius 3 is 2.21 bits per heavy atom. The Labute approximate surface area is 109 Å². The number of alkyl halides is 3. The van der Waals surface area contributed by atoms with Gasteiger partial charge in [-0.1, -0.05) is 0 Å². The quantitative estimate of drug-likeness (QED) is 0.802. The molecule has 0 saturated heterocycles. The van der Waals surface area contributed by atoms with E-state index in [9.17, 15) is 21.6 Å². The van der Waals surface area contributed by atoms with Crippen LogP contribution in [-0.2, 0) is 14.3 Å². The maximum Gasteiger partial charge on any atom is 0.413 e. The average molecular weight is 298 g/mol. The van der Waals surface area contributed by atoms with Crippen LogP contribution in [0.5, 0.6) is 5.75 Å². The second-order valence-corrected chi connectivity index (χ2v) is 5.43. The van der Waals surface area contributed by atoms with Gasteiger partial charge >= 0.3 is 6.18 Å². The van der Waals surface area contributed by atoms with Crippen LogP contribution in [0.1, 0.15) is 11.1 Å². The van der Waals surface area contributed by atoms with Gasteiger partial charge < -0.3 is 4.74 Å². The fraction of sp³-hybridized carbons (Fsp3) is 0.455. The molecule has 0 amide bonds. The molecule has 108 valence electrons. The standard InChI is InChI=1S/C11H13F3O4S/c1-7-8(2)10(5-4-9(7)17-3)19(15,16)18-6-11(12,13)14/h4-5H,6H2,1-3H3. The van der Waals surface area contributed by atoms with Crippen molar-refractivity contribution in [3.63, 3.8) is 0 Å². The average Bonchev–Trinajstić information content (AvgIpc) is 2.29. The maximum absolute atomic E-state index is 12.0. The number of rotatable bonds is 4. The topological polar surface area (TPSA) is 52.6 Å². The molecule has 4 nitrogen and oxygen atoms in total. The first-order valence-corrected chi connectivity index (χ1v) is 6.59. The van der Waals surface area contributed by atoms with Crippen molar-refractivity contribution in [1.29, 1.82) is 0 Å². The molecule has 0 aromatic heterocycles. The number of benzene rings is 1. The lowest BCUT2D eigenvalue weighted by atomic mass is 10.1. The summed E-state index contributed by atoms with van der Waals surface area (Å²) in [4.78, 5) is -0.296. The number of methoxy groups -OCH3 is 1. The van der Waals surface area contributed by atoms with Crippen LogP contribution in [0.15, 0.2) is 17.0 Å². The van der Waals surface area contributed by atoms with E-state index in [1.807, 2.05) is 0 Å². The molecular formula is C11H13F3O4S. The van der Waals surface area contributed by atoms with Crippen LogP contribution in [0.3, 0.4) is 0 Å². The predicted molar refractivity (Wildman–Crippen MR) is 61.7 cm³/mol. The lowest BCUT2D eigenvalue weighted by Gasteiger charge is -2.13. The molecule has 1 aromatic carbocycles. The fourth-order valence-corrected chi connectivity index (χ4v) is 2.65. The van der Waals surface area contributed by atoms with E-state index < -0.39 is 22.9 Å². The largest absolute Gasteiger partial charge is 0.496 e. The number of ether oxygens (including phenoxy) is 1. The first kappa shape index (κ1) is 15.8. The van der Waals surface area contributed by atoms with E-state index in [0.29, 0.717) is 16.9 Å². The summed E-state index contributed by atoms with van der Waals surface area (Å²) in [7, 11) is -3.03. The first-order valence-electron chi connectivity index (χ1n) is 5.19. The molecule has 19 heavy (non-hydrogen) atoms. The second kappa shape index (κ2) is 5.38. The van der Waals surface area contributed by atoms with Crippen LogP contribution in [0.25, 0.3) is 0 Å². The van der Waals surface area contributed by atoms with E-state index in [0.717, 1.165) is 6.07 Å². The molecule has 1 rings (SSSR count). The van der Waals surface area contributed by atoms with E-state index in [4.69, 9.17) is 4.74 Å². The van der Waals surface area contributed by atoms with Gasteiger partial charge in [-0.2, -0.15) is 21.6 Å². The molecule has 0 radical (unpaired) electrons. The molecular weight excluding hydrogens is 285 g/mol. The molecule has 0 aliphatic carbocycles. The third-order valence-electron chi connectivity index (χ3n) is 2.55. The summed E-state index contributed by atoms with van der Waals surface area (Å²) in [6.07, 6.45) is -4.71. The van der Waals surface area contributed by atoms with Crippen molar-refractivity contribution >= 4 is 10.1 Å². The van der Waals surface area contributed by atoms with Crippen molar-refractivity contribution in [1.82, 2.24) is 0 Å². The molecule has 0 spiro atoms. The normalized spacial score (nSPS) is 12.5. The van der Waals surface area contributed by atoms with E-state index >= 15 is 0 Å². The fourth-order valence-electron chi connectivity index (χ4n) is 1.47. The van der Waals surface area contributed by atoms with Crippen molar-refractivity contribution in [3.8, 4) is 5.75 Å². The minimum Gasteiger partial charge on any atom is -0.496 e. The van der Waals surface area contributed by atoms with Crippen molar-refractivity contribution < 1.29 is 30.5 Å². The van der Waals surface area contributed by atoms with Crippen molar-refractivity contribution in [2.45, 2.75) is 24.9 Å². The van der Waals surface area contributed by atoms with Crippen LogP contribution >= 0.6 is 0 Å². The highest BCUT2D eigenvalue weighted by Gasteiger charge is 2.32. The monoisotopic (exact) mass is 298 g/mol. The molecule has 0 aliphatic heterocycles. The van der Waals surface area contributed by atoms with E-state index in [1.54, 1.807) is 6.92 Å². The Balaban J connectivity index is 3.13. The summed E-state index contributed by atoms with van der Waals surface area (Å²) in [6.45, 7) is 1.23. The summed E-state index contributed by atoms with van der Waals surface area (Å²) >= 11 is 0. The van der Waals surface area contributed by atoms with Gasteiger partial charge in [0.25, 0.3) is 10.1 Å². The molecule has 0 fully saturated rings. The zero-order valence-electron chi connectivity index (χ0n) is 10.5. The number of hydrogen-bond donors (Lipinski definition) is 0. The van der Waals surface area contributed by atoms with Gasteiger partial charge in [-0.3, -0.25) is 4.18 Å².